The molecule has 2 aliphatic rings. The summed E-state index contributed by atoms with van der Waals surface area (Å²) in [5.74, 6) is -0.0177. The van der Waals surface area contributed by atoms with E-state index in [1.54, 1.807) is 18.1 Å². The lowest BCUT2D eigenvalue weighted by Crippen LogP contribution is -2.44. The minimum Gasteiger partial charge on any atom is -0.359 e. The highest BCUT2D eigenvalue weighted by atomic mass is 16.2. The van der Waals surface area contributed by atoms with Crippen LogP contribution in [-0.2, 0) is 14.4 Å². The van der Waals surface area contributed by atoms with Crippen molar-refractivity contribution in [2.45, 2.75) is 32.2 Å². The zero-order valence-corrected chi connectivity index (χ0v) is 15.3. The van der Waals surface area contributed by atoms with Gasteiger partial charge in [-0.2, -0.15) is 0 Å². The van der Waals surface area contributed by atoms with Crippen LogP contribution in [0.2, 0.25) is 0 Å². The first-order chi connectivity index (χ1) is 12.5. The van der Waals surface area contributed by atoms with Gasteiger partial charge in [0, 0.05) is 39.2 Å². The summed E-state index contributed by atoms with van der Waals surface area (Å²) in [6.45, 7) is 2.69. The van der Waals surface area contributed by atoms with E-state index in [0.717, 1.165) is 11.1 Å². The van der Waals surface area contributed by atoms with E-state index in [-0.39, 0.29) is 36.1 Å². The van der Waals surface area contributed by atoms with Gasteiger partial charge in [0.2, 0.25) is 17.7 Å². The van der Waals surface area contributed by atoms with Gasteiger partial charge in [0.25, 0.3) is 0 Å². The number of rotatable bonds is 3. The molecule has 0 radical (unpaired) electrons. The monoisotopic (exact) mass is 355 g/mol. The molecule has 2 heterocycles. The molecule has 0 aliphatic carbocycles. The van der Waals surface area contributed by atoms with Crippen LogP contribution in [0.4, 0.5) is 0 Å². The lowest BCUT2D eigenvalue weighted by Gasteiger charge is -2.36. The Hall–Kier alpha value is -2.63. The molecule has 138 valence electrons. The number of nitrogens with one attached hydrogen (secondary N) is 1. The van der Waals surface area contributed by atoms with Crippen LogP contribution in [0.1, 0.15) is 43.4 Å². The number of nitrogens with zero attached hydrogens (tertiary/aromatic N) is 2. The van der Waals surface area contributed by atoms with E-state index >= 15 is 0 Å². The van der Waals surface area contributed by atoms with Crippen LogP contribution >= 0.6 is 0 Å². The SMILES string of the molecule is CNC(=O)C1CCN(C(=O)CC2c3ccccc3C=CN2C(C)=O)CC1. The van der Waals surface area contributed by atoms with Crippen molar-refractivity contribution in [3.8, 4) is 0 Å². The van der Waals surface area contributed by atoms with E-state index in [9.17, 15) is 14.4 Å². The number of piperidine rings is 1. The standard InChI is InChI=1S/C20H25N3O3/c1-14(24)23-12-9-15-5-3-4-6-17(15)18(23)13-19(25)22-10-7-16(8-11-22)20(26)21-2/h3-6,9,12,16,18H,7-8,10-11,13H2,1-2H3,(H,21,26). The first kappa shape index (κ1) is 18.2. The summed E-state index contributed by atoms with van der Waals surface area (Å²) in [5, 5.41) is 2.68. The molecule has 1 N–H and O–H groups in total. The Balaban J connectivity index is 1.70. The molecule has 0 bridgehead atoms. The molecule has 6 heteroatoms. The fourth-order valence-electron chi connectivity index (χ4n) is 3.80. The Bertz CT molecular complexity index is 736. The Morgan fingerprint density at radius 1 is 1.15 bits per heavy atom. The maximum atomic E-state index is 12.9. The van der Waals surface area contributed by atoms with Gasteiger partial charge < -0.3 is 15.1 Å². The minimum atomic E-state index is -0.280. The van der Waals surface area contributed by atoms with E-state index in [0.29, 0.717) is 25.9 Å². The van der Waals surface area contributed by atoms with Gasteiger partial charge in [-0.15, -0.1) is 0 Å². The summed E-state index contributed by atoms with van der Waals surface area (Å²) in [6.07, 6.45) is 5.30. The average molecular weight is 355 g/mol. The molecule has 1 aromatic carbocycles. The molecule has 3 rings (SSSR count). The third-order valence-corrected chi connectivity index (χ3v) is 5.30. The van der Waals surface area contributed by atoms with E-state index < -0.39 is 0 Å². The number of fused-ring (bicyclic) bond motifs is 1. The maximum Gasteiger partial charge on any atom is 0.225 e. The molecule has 3 amide bonds. The number of benzene rings is 1. The summed E-state index contributed by atoms with van der Waals surface area (Å²) < 4.78 is 0. The molecule has 0 spiro atoms. The van der Waals surface area contributed by atoms with E-state index in [1.165, 1.54) is 6.92 Å². The Kier molecular flexibility index (Phi) is 5.40. The maximum absolute atomic E-state index is 12.9. The number of likely N-dealkylation sites (tertiary alicyclic amines) is 1. The van der Waals surface area contributed by atoms with Crippen LogP contribution in [0.25, 0.3) is 6.08 Å². The molecule has 26 heavy (non-hydrogen) atoms. The highest BCUT2D eigenvalue weighted by molar-refractivity contribution is 5.82. The van der Waals surface area contributed by atoms with E-state index in [1.807, 2.05) is 35.2 Å². The van der Waals surface area contributed by atoms with Crippen molar-refractivity contribution >= 4 is 23.8 Å². The highest BCUT2D eigenvalue weighted by Gasteiger charge is 2.32. The summed E-state index contributed by atoms with van der Waals surface area (Å²) >= 11 is 0. The number of amides is 3. The minimum absolute atomic E-state index is 0.0175. The summed E-state index contributed by atoms with van der Waals surface area (Å²) in [4.78, 5) is 40.1. The summed E-state index contributed by atoms with van der Waals surface area (Å²) in [6, 6.07) is 7.58. The lowest BCUT2D eigenvalue weighted by molar-refractivity contribution is -0.137. The Labute approximate surface area is 153 Å². The van der Waals surface area contributed by atoms with Crippen molar-refractivity contribution < 1.29 is 14.4 Å². The number of hydrogen-bond acceptors (Lipinski definition) is 3. The third kappa shape index (κ3) is 3.64. The number of hydrogen-bond donors (Lipinski definition) is 1. The Morgan fingerprint density at radius 3 is 2.50 bits per heavy atom. The molecule has 6 nitrogen and oxygen atoms in total. The molecule has 1 saturated heterocycles. The lowest BCUT2D eigenvalue weighted by atomic mass is 9.92. The van der Waals surface area contributed by atoms with Crippen molar-refractivity contribution in [2.24, 2.45) is 5.92 Å². The molecule has 0 aromatic heterocycles. The van der Waals surface area contributed by atoms with Crippen molar-refractivity contribution in [1.29, 1.82) is 0 Å². The highest BCUT2D eigenvalue weighted by Crippen LogP contribution is 2.33. The second-order valence-electron chi connectivity index (χ2n) is 6.86. The van der Waals surface area contributed by atoms with Crippen LogP contribution in [-0.4, -0.2) is 47.7 Å². The van der Waals surface area contributed by atoms with Crippen LogP contribution in [0.15, 0.2) is 30.5 Å². The molecular weight excluding hydrogens is 330 g/mol. The second-order valence-corrected chi connectivity index (χ2v) is 6.86. The van der Waals surface area contributed by atoms with Crippen LogP contribution < -0.4 is 5.32 Å². The largest absolute Gasteiger partial charge is 0.359 e. The van der Waals surface area contributed by atoms with Gasteiger partial charge in [0.15, 0.2) is 0 Å². The molecule has 1 fully saturated rings. The smallest absolute Gasteiger partial charge is 0.225 e. The van der Waals surface area contributed by atoms with E-state index in [4.69, 9.17) is 0 Å². The van der Waals surface area contributed by atoms with Crippen molar-refractivity contribution in [2.75, 3.05) is 20.1 Å². The van der Waals surface area contributed by atoms with Crippen LogP contribution in [0, 0.1) is 5.92 Å². The topological polar surface area (TPSA) is 69.7 Å². The van der Waals surface area contributed by atoms with Gasteiger partial charge in [0.05, 0.1) is 12.5 Å². The Morgan fingerprint density at radius 2 is 1.85 bits per heavy atom. The fraction of sp³-hybridized carbons (Fsp3) is 0.450. The van der Waals surface area contributed by atoms with Crippen LogP contribution in [0.3, 0.4) is 0 Å². The zero-order chi connectivity index (χ0) is 18.7. The summed E-state index contributed by atoms with van der Waals surface area (Å²) in [5.41, 5.74) is 2.04. The van der Waals surface area contributed by atoms with Gasteiger partial charge in [-0.3, -0.25) is 14.4 Å². The van der Waals surface area contributed by atoms with Crippen LogP contribution in [0.5, 0.6) is 0 Å². The van der Waals surface area contributed by atoms with Gasteiger partial charge in [-0.1, -0.05) is 24.3 Å². The first-order valence-corrected chi connectivity index (χ1v) is 9.06. The third-order valence-electron chi connectivity index (χ3n) is 5.30. The molecule has 2 aliphatic heterocycles. The normalized spacial score (nSPS) is 19.8. The molecule has 1 aromatic rings. The fourth-order valence-corrected chi connectivity index (χ4v) is 3.80. The van der Waals surface area contributed by atoms with Gasteiger partial charge in [0.1, 0.15) is 0 Å². The molecule has 1 atom stereocenters. The molecule has 1 unspecified atom stereocenters. The average Bonchev–Trinajstić information content (AvgIpc) is 2.67. The van der Waals surface area contributed by atoms with Crippen molar-refractivity contribution in [3.63, 3.8) is 0 Å². The predicted octanol–water partition coefficient (Wildman–Crippen LogP) is 1.94. The molecule has 0 saturated carbocycles. The van der Waals surface area contributed by atoms with Crippen molar-refractivity contribution in [1.82, 2.24) is 15.1 Å². The van der Waals surface area contributed by atoms with Crippen molar-refractivity contribution in [3.05, 3.63) is 41.6 Å². The molecular formula is C20H25N3O3. The van der Waals surface area contributed by atoms with E-state index in [2.05, 4.69) is 5.32 Å². The summed E-state index contributed by atoms with van der Waals surface area (Å²) in [7, 11) is 1.64. The van der Waals surface area contributed by atoms with Gasteiger partial charge >= 0.3 is 0 Å². The quantitative estimate of drug-likeness (QED) is 0.901. The predicted molar refractivity (Wildman–Crippen MR) is 98.7 cm³/mol. The zero-order valence-electron chi connectivity index (χ0n) is 15.3. The second kappa shape index (κ2) is 7.72. The first-order valence-electron chi connectivity index (χ1n) is 9.06. The van der Waals surface area contributed by atoms with Gasteiger partial charge in [-0.05, 0) is 30.0 Å². The number of carbonyl (C=O) groups excluding carboxylic acids is 3. The van der Waals surface area contributed by atoms with Gasteiger partial charge in [-0.25, -0.2) is 0 Å². The number of carbonyl (C=O) groups is 3.